The maximum absolute atomic E-state index is 10.6. The van der Waals surface area contributed by atoms with Crippen LogP contribution in [0.3, 0.4) is 0 Å². The van der Waals surface area contributed by atoms with Crippen LogP contribution in [0.2, 0.25) is 0 Å². The molecule has 0 amide bonds. The summed E-state index contributed by atoms with van der Waals surface area (Å²) in [5, 5.41) is 1.57. The largest absolute Gasteiger partial charge is 0.276 e. The summed E-state index contributed by atoms with van der Waals surface area (Å²) >= 11 is 6.82. The van der Waals surface area contributed by atoms with E-state index >= 15 is 0 Å². The van der Waals surface area contributed by atoms with Gasteiger partial charge in [-0.25, -0.2) is 0 Å². The van der Waals surface area contributed by atoms with Gasteiger partial charge in [0.2, 0.25) is 5.24 Å². The Hall–Kier alpha value is -0.600. The molecule has 58 valence electrons. The lowest BCUT2D eigenvalue weighted by Gasteiger charge is -1.88. The number of hydrogen-bond acceptors (Lipinski definition) is 2. The van der Waals surface area contributed by atoms with Crippen LogP contribution >= 0.6 is 22.9 Å². The normalized spacial score (nSPS) is 11.6. The van der Waals surface area contributed by atoms with Gasteiger partial charge in [0.1, 0.15) is 0 Å². The van der Waals surface area contributed by atoms with Gasteiger partial charge >= 0.3 is 0 Å². The minimum absolute atomic E-state index is 0.390. The van der Waals surface area contributed by atoms with Crippen LogP contribution in [0.15, 0.2) is 23.1 Å². The molecule has 3 heteroatoms. The molecule has 1 nitrogen and oxygen atoms in total. The second-order valence-electron chi connectivity index (χ2n) is 2.12. The van der Waals surface area contributed by atoms with Gasteiger partial charge in [0.05, 0.1) is 0 Å². The number of allylic oxidation sites excluding steroid dienone is 1. The molecule has 0 aromatic carbocycles. The Bertz CT molecular complexity index is 274. The number of carbonyl (C=O) groups is 1. The Morgan fingerprint density at radius 2 is 2.45 bits per heavy atom. The zero-order valence-corrected chi connectivity index (χ0v) is 7.58. The highest BCUT2D eigenvalue weighted by Crippen LogP contribution is 2.13. The molecule has 1 aromatic rings. The third-order valence-electron chi connectivity index (χ3n) is 1.21. The molecule has 0 saturated carbocycles. The molecular weight excluding hydrogens is 180 g/mol. The molecular formula is C8H7ClOS. The average molecular weight is 187 g/mol. The van der Waals surface area contributed by atoms with E-state index in [4.69, 9.17) is 11.6 Å². The van der Waals surface area contributed by atoms with Crippen LogP contribution in [0.4, 0.5) is 0 Å². The van der Waals surface area contributed by atoms with E-state index in [1.54, 1.807) is 24.3 Å². The summed E-state index contributed by atoms with van der Waals surface area (Å²) in [6, 6.07) is 3.87. The molecule has 0 bridgehead atoms. The van der Waals surface area contributed by atoms with Crippen molar-refractivity contribution in [1.29, 1.82) is 0 Å². The first-order valence-electron chi connectivity index (χ1n) is 3.12. The van der Waals surface area contributed by atoms with Crippen LogP contribution in [0.5, 0.6) is 0 Å². The van der Waals surface area contributed by atoms with E-state index in [0.717, 1.165) is 4.88 Å². The van der Waals surface area contributed by atoms with E-state index in [0.29, 0.717) is 5.57 Å². The lowest BCUT2D eigenvalue weighted by Crippen LogP contribution is -1.85. The number of carbonyl (C=O) groups excluding carboxylic acids is 1. The highest BCUT2D eigenvalue weighted by atomic mass is 35.5. The van der Waals surface area contributed by atoms with E-state index in [1.807, 2.05) is 17.5 Å². The van der Waals surface area contributed by atoms with E-state index in [2.05, 4.69) is 0 Å². The Kier molecular flexibility index (Phi) is 2.85. The smallest absolute Gasteiger partial charge is 0.248 e. The van der Waals surface area contributed by atoms with Gasteiger partial charge in [-0.2, -0.15) is 0 Å². The number of thiophene rings is 1. The molecule has 0 radical (unpaired) electrons. The topological polar surface area (TPSA) is 17.1 Å². The molecule has 0 spiro atoms. The standard InChI is InChI=1S/C8H7ClOS/c1-6(8(9)10)5-7-3-2-4-11-7/h2-5H,1H3. The summed E-state index contributed by atoms with van der Waals surface area (Å²) in [7, 11) is 0. The molecule has 11 heavy (non-hydrogen) atoms. The molecule has 0 N–H and O–H groups in total. The maximum atomic E-state index is 10.6. The van der Waals surface area contributed by atoms with Crippen molar-refractivity contribution in [3.63, 3.8) is 0 Å². The summed E-state index contributed by atoms with van der Waals surface area (Å²) in [6.07, 6.45) is 1.78. The molecule has 0 atom stereocenters. The van der Waals surface area contributed by atoms with Crippen LogP contribution in [0.1, 0.15) is 11.8 Å². The maximum Gasteiger partial charge on any atom is 0.248 e. The van der Waals surface area contributed by atoms with Gasteiger partial charge in [-0.05, 0) is 36.0 Å². The molecule has 0 saturated heterocycles. The van der Waals surface area contributed by atoms with Crippen molar-refractivity contribution < 1.29 is 4.79 Å². The molecule has 1 aromatic heterocycles. The molecule has 0 aliphatic heterocycles. The minimum atomic E-state index is -0.390. The fourth-order valence-electron chi connectivity index (χ4n) is 0.644. The number of hydrogen-bond donors (Lipinski definition) is 0. The highest BCUT2D eigenvalue weighted by molar-refractivity contribution is 7.10. The Labute approximate surface area is 74.3 Å². The van der Waals surface area contributed by atoms with E-state index in [9.17, 15) is 4.79 Å². The van der Waals surface area contributed by atoms with Gasteiger partial charge in [0.25, 0.3) is 0 Å². The van der Waals surface area contributed by atoms with Crippen LogP contribution in [0.25, 0.3) is 6.08 Å². The van der Waals surface area contributed by atoms with Gasteiger partial charge in [0, 0.05) is 10.5 Å². The van der Waals surface area contributed by atoms with Crippen molar-refractivity contribution in [2.75, 3.05) is 0 Å². The van der Waals surface area contributed by atoms with E-state index in [1.165, 1.54) is 0 Å². The van der Waals surface area contributed by atoms with Crippen molar-refractivity contribution in [3.05, 3.63) is 28.0 Å². The second-order valence-corrected chi connectivity index (χ2v) is 3.44. The molecule has 1 rings (SSSR count). The summed E-state index contributed by atoms with van der Waals surface area (Å²) in [5.74, 6) is 0. The Balaban J connectivity index is 2.82. The Morgan fingerprint density at radius 1 is 1.73 bits per heavy atom. The van der Waals surface area contributed by atoms with Crippen molar-refractivity contribution >= 4 is 34.3 Å². The van der Waals surface area contributed by atoms with E-state index < -0.39 is 5.24 Å². The van der Waals surface area contributed by atoms with Crippen molar-refractivity contribution in [1.82, 2.24) is 0 Å². The van der Waals surface area contributed by atoms with Crippen LogP contribution in [0, 0.1) is 0 Å². The van der Waals surface area contributed by atoms with Gasteiger partial charge in [-0.1, -0.05) is 6.07 Å². The summed E-state index contributed by atoms with van der Waals surface area (Å²) in [5.41, 5.74) is 0.578. The van der Waals surface area contributed by atoms with E-state index in [-0.39, 0.29) is 0 Å². The van der Waals surface area contributed by atoms with Crippen molar-refractivity contribution in [3.8, 4) is 0 Å². The fraction of sp³-hybridized carbons (Fsp3) is 0.125. The lowest BCUT2D eigenvalue weighted by molar-refractivity contribution is -0.108. The first-order chi connectivity index (χ1) is 5.20. The summed E-state index contributed by atoms with van der Waals surface area (Å²) in [6.45, 7) is 1.70. The predicted molar refractivity (Wildman–Crippen MR) is 48.8 cm³/mol. The number of rotatable bonds is 2. The summed E-state index contributed by atoms with van der Waals surface area (Å²) < 4.78 is 0. The van der Waals surface area contributed by atoms with Crippen LogP contribution in [-0.4, -0.2) is 5.24 Å². The molecule has 1 heterocycles. The zero-order chi connectivity index (χ0) is 8.27. The Morgan fingerprint density at radius 3 is 2.91 bits per heavy atom. The van der Waals surface area contributed by atoms with Gasteiger partial charge in [-0.3, -0.25) is 4.79 Å². The highest BCUT2D eigenvalue weighted by Gasteiger charge is 1.98. The first-order valence-corrected chi connectivity index (χ1v) is 4.37. The SMILES string of the molecule is CC(=Cc1cccs1)C(=O)Cl. The average Bonchev–Trinajstić information content (AvgIpc) is 2.39. The third-order valence-corrected chi connectivity index (χ3v) is 2.33. The van der Waals surface area contributed by atoms with Gasteiger partial charge < -0.3 is 0 Å². The lowest BCUT2D eigenvalue weighted by atomic mass is 10.3. The van der Waals surface area contributed by atoms with Gasteiger partial charge in [0.15, 0.2) is 0 Å². The minimum Gasteiger partial charge on any atom is -0.276 e. The predicted octanol–water partition coefficient (Wildman–Crippen LogP) is 2.92. The van der Waals surface area contributed by atoms with Gasteiger partial charge in [-0.15, -0.1) is 11.3 Å². The number of halogens is 1. The monoisotopic (exact) mass is 186 g/mol. The zero-order valence-electron chi connectivity index (χ0n) is 6.00. The van der Waals surface area contributed by atoms with Crippen LogP contribution < -0.4 is 0 Å². The van der Waals surface area contributed by atoms with Crippen molar-refractivity contribution in [2.45, 2.75) is 6.92 Å². The molecule has 0 unspecified atom stereocenters. The van der Waals surface area contributed by atoms with Crippen LogP contribution in [-0.2, 0) is 4.79 Å². The third kappa shape index (κ3) is 2.48. The second kappa shape index (κ2) is 3.69. The first kappa shape index (κ1) is 8.50. The van der Waals surface area contributed by atoms with Crippen molar-refractivity contribution in [2.24, 2.45) is 0 Å². The fourth-order valence-corrected chi connectivity index (χ4v) is 1.41. The molecule has 0 aliphatic carbocycles. The molecule has 0 fully saturated rings. The molecule has 0 aliphatic rings. The quantitative estimate of drug-likeness (QED) is 0.513. The summed E-state index contributed by atoms with van der Waals surface area (Å²) in [4.78, 5) is 11.6.